The number of benzene rings is 1. The Bertz CT molecular complexity index is 512. The smallest absolute Gasteiger partial charge is 0.253 e. The van der Waals surface area contributed by atoms with Gasteiger partial charge in [0.15, 0.2) is 0 Å². The van der Waals surface area contributed by atoms with Crippen molar-refractivity contribution < 1.29 is 4.79 Å². The lowest BCUT2D eigenvalue weighted by atomic mass is 10.0. The SMILES string of the molecule is CN(C)C1CCCN(C(=O)c2ccc3c(c2)NCC3)C1. The van der Waals surface area contributed by atoms with E-state index in [-0.39, 0.29) is 5.91 Å². The highest BCUT2D eigenvalue weighted by Crippen LogP contribution is 2.24. The first-order chi connectivity index (χ1) is 9.65. The van der Waals surface area contributed by atoms with Crippen molar-refractivity contribution in [3.05, 3.63) is 29.3 Å². The third-order valence-corrected chi connectivity index (χ3v) is 4.48. The summed E-state index contributed by atoms with van der Waals surface area (Å²) in [6.07, 6.45) is 3.34. The van der Waals surface area contributed by atoms with Crippen LogP contribution in [0.15, 0.2) is 18.2 Å². The number of likely N-dealkylation sites (N-methyl/N-ethyl adjacent to an activating group) is 1. The fourth-order valence-electron chi connectivity index (χ4n) is 3.17. The van der Waals surface area contributed by atoms with Crippen molar-refractivity contribution in [2.24, 2.45) is 0 Å². The van der Waals surface area contributed by atoms with Crippen LogP contribution in [-0.2, 0) is 6.42 Å². The van der Waals surface area contributed by atoms with Crippen molar-refractivity contribution in [2.75, 3.05) is 39.0 Å². The van der Waals surface area contributed by atoms with Crippen LogP contribution >= 0.6 is 0 Å². The Morgan fingerprint density at radius 1 is 1.40 bits per heavy atom. The van der Waals surface area contributed by atoms with Crippen LogP contribution in [-0.4, -0.2) is 55.5 Å². The summed E-state index contributed by atoms with van der Waals surface area (Å²) < 4.78 is 0. The number of anilines is 1. The van der Waals surface area contributed by atoms with Gasteiger partial charge in [0.2, 0.25) is 0 Å². The van der Waals surface area contributed by atoms with Gasteiger partial charge in [0.05, 0.1) is 0 Å². The Morgan fingerprint density at radius 2 is 2.25 bits per heavy atom. The molecule has 0 spiro atoms. The molecule has 1 amide bonds. The van der Waals surface area contributed by atoms with Gasteiger partial charge in [0.1, 0.15) is 0 Å². The fourth-order valence-corrected chi connectivity index (χ4v) is 3.17. The topological polar surface area (TPSA) is 35.6 Å². The number of fused-ring (bicyclic) bond motifs is 1. The van der Waals surface area contributed by atoms with Gasteiger partial charge >= 0.3 is 0 Å². The van der Waals surface area contributed by atoms with E-state index >= 15 is 0 Å². The molecule has 20 heavy (non-hydrogen) atoms. The number of hydrogen-bond donors (Lipinski definition) is 1. The Hall–Kier alpha value is -1.55. The monoisotopic (exact) mass is 273 g/mol. The maximum atomic E-state index is 12.6. The Balaban J connectivity index is 1.75. The zero-order chi connectivity index (χ0) is 14.1. The molecule has 2 aliphatic rings. The minimum Gasteiger partial charge on any atom is -0.384 e. The molecule has 2 aliphatic heterocycles. The average molecular weight is 273 g/mol. The Labute approximate surface area is 120 Å². The van der Waals surface area contributed by atoms with E-state index in [1.165, 1.54) is 12.0 Å². The summed E-state index contributed by atoms with van der Waals surface area (Å²) in [6, 6.07) is 6.58. The molecule has 0 saturated carbocycles. The number of carbonyl (C=O) groups excluding carboxylic acids is 1. The molecular formula is C16H23N3O. The van der Waals surface area contributed by atoms with E-state index in [4.69, 9.17) is 0 Å². The summed E-state index contributed by atoms with van der Waals surface area (Å²) in [5, 5.41) is 3.35. The normalized spacial score (nSPS) is 21.8. The van der Waals surface area contributed by atoms with E-state index in [0.29, 0.717) is 6.04 Å². The van der Waals surface area contributed by atoms with Gasteiger partial charge in [0, 0.05) is 36.9 Å². The second kappa shape index (κ2) is 5.44. The molecular weight excluding hydrogens is 250 g/mol. The number of nitrogens with one attached hydrogen (secondary N) is 1. The lowest BCUT2D eigenvalue weighted by Gasteiger charge is -2.36. The molecule has 1 fully saturated rings. The number of piperidine rings is 1. The van der Waals surface area contributed by atoms with Gasteiger partial charge in [-0.3, -0.25) is 4.79 Å². The second-order valence-corrected chi connectivity index (χ2v) is 6.06. The van der Waals surface area contributed by atoms with Crippen LogP contribution in [0.1, 0.15) is 28.8 Å². The number of amides is 1. The highest BCUT2D eigenvalue weighted by molar-refractivity contribution is 5.95. The van der Waals surface area contributed by atoms with Crippen molar-refractivity contribution in [1.82, 2.24) is 9.80 Å². The molecule has 108 valence electrons. The lowest BCUT2D eigenvalue weighted by Crippen LogP contribution is -2.47. The summed E-state index contributed by atoms with van der Waals surface area (Å²) >= 11 is 0. The van der Waals surface area contributed by atoms with Gasteiger partial charge in [-0.1, -0.05) is 6.07 Å². The van der Waals surface area contributed by atoms with Crippen LogP contribution in [0.5, 0.6) is 0 Å². The van der Waals surface area contributed by atoms with Crippen LogP contribution < -0.4 is 5.32 Å². The Kier molecular flexibility index (Phi) is 3.66. The van der Waals surface area contributed by atoms with E-state index in [1.807, 2.05) is 17.0 Å². The zero-order valence-corrected chi connectivity index (χ0v) is 12.4. The van der Waals surface area contributed by atoms with Gasteiger partial charge in [-0.15, -0.1) is 0 Å². The van der Waals surface area contributed by atoms with Crippen LogP contribution in [0.4, 0.5) is 5.69 Å². The highest BCUT2D eigenvalue weighted by atomic mass is 16.2. The standard InChI is InChI=1S/C16H23N3O/c1-18(2)14-4-3-9-19(11-14)16(20)13-6-5-12-7-8-17-15(12)10-13/h5-6,10,14,17H,3-4,7-9,11H2,1-2H3. The molecule has 4 nitrogen and oxygen atoms in total. The predicted octanol–water partition coefficient (Wildman–Crippen LogP) is 1.82. The molecule has 1 saturated heterocycles. The van der Waals surface area contributed by atoms with Gasteiger partial charge in [-0.2, -0.15) is 0 Å². The van der Waals surface area contributed by atoms with Gasteiger partial charge < -0.3 is 15.1 Å². The minimum atomic E-state index is 0.174. The summed E-state index contributed by atoms with van der Waals surface area (Å²) in [7, 11) is 4.19. The molecule has 1 aromatic rings. The molecule has 1 atom stereocenters. The van der Waals surface area contributed by atoms with Gasteiger partial charge in [0.25, 0.3) is 5.91 Å². The molecule has 0 bridgehead atoms. The second-order valence-electron chi connectivity index (χ2n) is 6.06. The van der Waals surface area contributed by atoms with E-state index in [0.717, 1.165) is 43.7 Å². The number of carbonyl (C=O) groups is 1. The third-order valence-electron chi connectivity index (χ3n) is 4.48. The molecule has 1 unspecified atom stereocenters. The maximum absolute atomic E-state index is 12.6. The molecule has 0 aliphatic carbocycles. The van der Waals surface area contributed by atoms with E-state index in [2.05, 4.69) is 30.4 Å². The molecule has 4 heteroatoms. The first kappa shape index (κ1) is 13.4. The summed E-state index contributed by atoms with van der Waals surface area (Å²) in [5.74, 6) is 0.174. The largest absolute Gasteiger partial charge is 0.384 e. The minimum absolute atomic E-state index is 0.174. The van der Waals surface area contributed by atoms with Crippen molar-refractivity contribution in [2.45, 2.75) is 25.3 Å². The zero-order valence-electron chi connectivity index (χ0n) is 12.4. The summed E-state index contributed by atoms with van der Waals surface area (Å²) in [6.45, 7) is 2.71. The first-order valence-electron chi connectivity index (χ1n) is 7.47. The van der Waals surface area contributed by atoms with Gasteiger partial charge in [-0.05, 0) is 51.1 Å². The molecule has 1 aromatic carbocycles. The molecule has 3 rings (SSSR count). The lowest BCUT2D eigenvalue weighted by molar-refractivity contribution is 0.0635. The number of likely N-dealkylation sites (tertiary alicyclic amines) is 1. The van der Waals surface area contributed by atoms with Crippen LogP contribution in [0.3, 0.4) is 0 Å². The van der Waals surface area contributed by atoms with Crippen molar-refractivity contribution in [3.63, 3.8) is 0 Å². The van der Waals surface area contributed by atoms with Crippen LogP contribution in [0.2, 0.25) is 0 Å². The van der Waals surface area contributed by atoms with E-state index in [9.17, 15) is 4.79 Å². The van der Waals surface area contributed by atoms with Crippen molar-refractivity contribution in [1.29, 1.82) is 0 Å². The van der Waals surface area contributed by atoms with E-state index < -0.39 is 0 Å². The molecule has 0 aromatic heterocycles. The predicted molar refractivity (Wildman–Crippen MR) is 81.2 cm³/mol. The van der Waals surface area contributed by atoms with E-state index in [1.54, 1.807) is 0 Å². The Morgan fingerprint density at radius 3 is 3.05 bits per heavy atom. The van der Waals surface area contributed by atoms with Crippen molar-refractivity contribution >= 4 is 11.6 Å². The molecule has 0 radical (unpaired) electrons. The van der Waals surface area contributed by atoms with Crippen LogP contribution in [0, 0.1) is 0 Å². The average Bonchev–Trinajstić information content (AvgIpc) is 2.94. The first-order valence-corrected chi connectivity index (χ1v) is 7.47. The third kappa shape index (κ3) is 2.52. The molecule has 2 heterocycles. The number of hydrogen-bond acceptors (Lipinski definition) is 3. The highest BCUT2D eigenvalue weighted by Gasteiger charge is 2.26. The molecule has 1 N–H and O–H groups in total. The van der Waals surface area contributed by atoms with Crippen molar-refractivity contribution in [3.8, 4) is 0 Å². The number of nitrogens with zero attached hydrogens (tertiary/aromatic N) is 2. The summed E-state index contributed by atoms with van der Waals surface area (Å²) in [5.41, 5.74) is 3.28. The number of rotatable bonds is 2. The maximum Gasteiger partial charge on any atom is 0.253 e. The quantitative estimate of drug-likeness (QED) is 0.893. The van der Waals surface area contributed by atoms with Crippen LogP contribution in [0.25, 0.3) is 0 Å². The summed E-state index contributed by atoms with van der Waals surface area (Å²) in [4.78, 5) is 16.9. The fraction of sp³-hybridized carbons (Fsp3) is 0.562. The van der Waals surface area contributed by atoms with Gasteiger partial charge in [-0.25, -0.2) is 0 Å².